The summed E-state index contributed by atoms with van der Waals surface area (Å²) in [6, 6.07) is 0. The molecule has 0 radical (unpaired) electrons. The lowest BCUT2D eigenvalue weighted by molar-refractivity contribution is -0.154. The van der Waals surface area contributed by atoms with E-state index in [1.165, 1.54) is 199 Å². The summed E-state index contributed by atoms with van der Waals surface area (Å²) in [4.78, 5) is 12.2. The second kappa shape index (κ2) is 44.0. The Bertz CT molecular complexity index is 702. The standard InChI is InChI=1S/C46H88O4/c1-3-5-7-9-11-13-15-17-19-20-21-22-23-24-25-26-27-28-30-32-34-36-38-40-42-49-44-45(43-47)50-46(48)41-39-37-35-33-31-29-18-16-14-12-10-8-6-4-2/h16,18,20-21,45,47H,3-15,17,19,22-44H2,1-2H3/b18-16-,21-20-. The molecule has 0 bridgehead atoms. The van der Waals surface area contributed by atoms with E-state index in [-0.39, 0.29) is 12.6 Å². The van der Waals surface area contributed by atoms with Crippen molar-refractivity contribution in [3.63, 3.8) is 0 Å². The van der Waals surface area contributed by atoms with Crippen molar-refractivity contribution in [1.82, 2.24) is 0 Å². The molecule has 0 amide bonds. The van der Waals surface area contributed by atoms with Gasteiger partial charge in [-0.2, -0.15) is 0 Å². The summed E-state index contributed by atoms with van der Waals surface area (Å²) in [5, 5.41) is 9.60. The Balaban J connectivity index is 3.37. The van der Waals surface area contributed by atoms with E-state index < -0.39 is 6.10 Å². The first-order valence-electron chi connectivity index (χ1n) is 22.4. The van der Waals surface area contributed by atoms with Gasteiger partial charge in [0.05, 0.1) is 13.2 Å². The Hall–Kier alpha value is -1.13. The van der Waals surface area contributed by atoms with Crippen LogP contribution in [0, 0.1) is 0 Å². The zero-order valence-corrected chi connectivity index (χ0v) is 33.9. The third-order valence-electron chi connectivity index (χ3n) is 10.00. The van der Waals surface area contributed by atoms with Crippen molar-refractivity contribution in [2.45, 2.75) is 245 Å². The summed E-state index contributed by atoms with van der Waals surface area (Å²) in [6.45, 7) is 5.36. The molecule has 0 aliphatic carbocycles. The number of ether oxygens (including phenoxy) is 2. The van der Waals surface area contributed by atoms with E-state index in [2.05, 4.69) is 38.2 Å². The Morgan fingerprint density at radius 2 is 0.780 bits per heavy atom. The topological polar surface area (TPSA) is 55.8 Å². The van der Waals surface area contributed by atoms with Gasteiger partial charge < -0.3 is 14.6 Å². The third-order valence-corrected chi connectivity index (χ3v) is 10.00. The molecule has 1 N–H and O–H groups in total. The first-order valence-corrected chi connectivity index (χ1v) is 22.4. The number of hydrogen-bond acceptors (Lipinski definition) is 4. The Morgan fingerprint density at radius 1 is 0.460 bits per heavy atom. The van der Waals surface area contributed by atoms with E-state index in [1.54, 1.807) is 0 Å². The summed E-state index contributed by atoms with van der Waals surface area (Å²) in [5.74, 6) is -0.207. The molecule has 0 aromatic carbocycles. The average molecular weight is 705 g/mol. The number of carbonyl (C=O) groups is 1. The van der Waals surface area contributed by atoms with Crippen LogP contribution in [0.1, 0.15) is 239 Å². The molecular weight excluding hydrogens is 617 g/mol. The highest BCUT2D eigenvalue weighted by molar-refractivity contribution is 5.69. The molecule has 296 valence electrons. The number of carbonyl (C=O) groups excluding carboxylic acids is 1. The van der Waals surface area contributed by atoms with Gasteiger partial charge in [-0.25, -0.2) is 0 Å². The van der Waals surface area contributed by atoms with E-state index in [1.807, 2.05) is 0 Å². The van der Waals surface area contributed by atoms with Gasteiger partial charge in [-0.15, -0.1) is 0 Å². The van der Waals surface area contributed by atoms with Gasteiger partial charge in [0.2, 0.25) is 0 Å². The van der Waals surface area contributed by atoms with Crippen molar-refractivity contribution in [2.75, 3.05) is 19.8 Å². The van der Waals surface area contributed by atoms with Crippen LogP contribution in [0.15, 0.2) is 24.3 Å². The molecule has 0 aliphatic rings. The fourth-order valence-corrected chi connectivity index (χ4v) is 6.61. The van der Waals surface area contributed by atoms with Crippen LogP contribution in [0.3, 0.4) is 0 Å². The molecule has 50 heavy (non-hydrogen) atoms. The number of hydrogen-bond donors (Lipinski definition) is 1. The van der Waals surface area contributed by atoms with Gasteiger partial charge in [-0.3, -0.25) is 4.79 Å². The predicted molar refractivity (Wildman–Crippen MR) is 219 cm³/mol. The fourth-order valence-electron chi connectivity index (χ4n) is 6.61. The Labute approximate surface area is 313 Å². The number of rotatable bonds is 42. The van der Waals surface area contributed by atoms with Crippen molar-refractivity contribution in [3.05, 3.63) is 24.3 Å². The second-order valence-electron chi connectivity index (χ2n) is 15.1. The lowest BCUT2D eigenvalue weighted by atomic mass is 10.0. The highest BCUT2D eigenvalue weighted by Gasteiger charge is 2.13. The molecule has 0 aromatic heterocycles. The van der Waals surface area contributed by atoms with Crippen LogP contribution < -0.4 is 0 Å². The van der Waals surface area contributed by atoms with Gasteiger partial charge in [0.25, 0.3) is 0 Å². The van der Waals surface area contributed by atoms with Crippen LogP contribution in [0.4, 0.5) is 0 Å². The van der Waals surface area contributed by atoms with Crippen LogP contribution in [0.5, 0.6) is 0 Å². The molecule has 4 heteroatoms. The molecule has 1 unspecified atom stereocenters. The van der Waals surface area contributed by atoms with Gasteiger partial charge in [0.1, 0.15) is 6.10 Å². The highest BCUT2D eigenvalue weighted by atomic mass is 16.6. The SMILES string of the molecule is CCCCCCC/C=C\CCCCCCCC(=O)OC(CO)COCCCCCCCCCCCCCC/C=C\CCCCCCCCCC. The van der Waals surface area contributed by atoms with E-state index in [0.29, 0.717) is 19.6 Å². The summed E-state index contributed by atoms with van der Waals surface area (Å²) in [6.07, 6.45) is 53.9. The van der Waals surface area contributed by atoms with Crippen LogP contribution in [-0.4, -0.2) is 37.0 Å². The maximum Gasteiger partial charge on any atom is 0.306 e. The van der Waals surface area contributed by atoms with Crippen molar-refractivity contribution < 1.29 is 19.4 Å². The summed E-state index contributed by atoms with van der Waals surface area (Å²) in [5.41, 5.74) is 0. The molecule has 0 saturated carbocycles. The predicted octanol–water partition coefficient (Wildman–Crippen LogP) is 14.7. The van der Waals surface area contributed by atoms with Crippen molar-refractivity contribution in [3.8, 4) is 0 Å². The van der Waals surface area contributed by atoms with Crippen LogP contribution in [-0.2, 0) is 14.3 Å². The minimum atomic E-state index is -0.535. The number of unbranched alkanes of at least 4 members (excludes halogenated alkanes) is 30. The first-order chi connectivity index (χ1) is 24.7. The van der Waals surface area contributed by atoms with Crippen molar-refractivity contribution in [1.29, 1.82) is 0 Å². The quantitative estimate of drug-likeness (QED) is 0.0390. The summed E-state index contributed by atoms with van der Waals surface area (Å²) >= 11 is 0. The molecule has 0 aromatic rings. The largest absolute Gasteiger partial charge is 0.457 e. The van der Waals surface area contributed by atoms with Crippen LogP contribution in [0.25, 0.3) is 0 Å². The number of allylic oxidation sites excluding steroid dienone is 4. The highest BCUT2D eigenvalue weighted by Crippen LogP contribution is 2.14. The first kappa shape index (κ1) is 48.9. The van der Waals surface area contributed by atoms with Gasteiger partial charge in [0.15, 0.2) is 0 Å². The number of aliphatic hydroxyl groups is 1. The normalized spacial score (nSPS) is 12.5. The maximum absolute atomic E-state index is 12.2. The minimum Gasteiger partial charge on any atom is -0.457 e. The lowest BCUT2D eigenvalue weighted by Gasteiger charge is -2.15. The second-order valence-corrected chi connectivity index (χ2v) is 15.1. The summed E-state index contributed by atoms with van der Waals surface area (Å²) < 4.78 is 11.2. The fraction of sp³-hybridized carbons (Fsp3) is 0.891. The number of esters is 1. The van der Waals surface area contributed by atoms with Crippen LogP contribution >= 0.6 is 0 Å². The molecular formula is C46H88O4. The molecule has 0 fully saturated rings. The Kier molecular flexibility index (Phi) is 43.0. The molecule has 0 rings (SSSR count). The lowest BCUT2D eigenvalue weighted by Crippen LogP contribution is -2.27. The van der Waals surface area contributed by atoms with E-state index >= 15 is 0 Å². The molecule has 1 atom stereocenters. The van der Waals surface area contributed by atoms with Gasteiger partial charge in [-0.1, -0.05) is 192 Å². The van der Waals surface area contributed by atoms with E-state index in [4.69, 9.17) is 9.47 Å². The molecule has 0 aliphatic heterocycles. The van der Waals surface area contributed by atoms with Gasteiger partial charge in [0, 0.05) is 13.0 Å². The minimum absolute atomic E-state index is 0.172. The maximum atomic E-state index is 12.2. The van der Waals surface area contributed by atoms with Gasteiger partial charge >= 0.3 is 5.97 Å². The molecule has 0 saturated heterocycles. The third kappa shape index (κ3) is 41.3. The van der Waals surface area contributed by atoms with Gasteiger partial charge in [-0.05, 0) is 64.2 Å². The van der Waals surface area contributed by atoms with Crippen molar-refractivity contribution >= 4 is 5.97 Å². The Morgan fingerprint density at radius 3 is 1.14 bits per heavy atom. The zero-order chi connectivity index (χ0) is 36.3. The zero-order valence-electron chi connectivity index (χ0n) is 33.9. The molecule has 0 spiro atoms. The number of aliphatic hydroxyl groups excluding tert-OH is 1. The monoisotopic (exact) mass is 705 g/mol. The summed E-state index contributed by atoms with van der Waals surface area (Å²) in [7, 11) is 0. The van der Waals surface area contributed by atoms with E-state index in [9.17, 15) is 9.90 Å². The molecule has 0 heterocycles. The van der Waals surface area contributed by atoms with Crippen molar-refractivity contribution in [2.24, 2.45) is 0 Å². The molecule has 4 nitrogen and oxygen atoms in total. The van der Waals surface area contributed by atoms with E-state index in [0.717, 1.165) is 19.3 Å². The smallest absolute Gasteiger partial charge is 0.306 e. The van der Waals surface area contributed by atoms with Crippen LogP contribution in [0.2, 0.25) is 0 Å². The average Bonchev–Trinajstić information content (AvgIpc) is 3.12.